The highest BCUT2D eigenvalue weighted by atomic mass is 16.5. The zero-order valence-corrected chi connectivity index (χ0v) is 9.87. The van der Waals surface area contributed by atoms with Crippen molar-refractivity contribution in [3.05, 3.63) is 11.8 Å². The lowest BCUT2D eigenvalue weighted by molar-refractivity contribution is -0.0896. The van der Waals surface area contributed by atoms with Gasteiger partial charge in [-0.3, -0.25) is 0 Å². The van der Waals surface area contributed by atoms with Crippen LogP contribution in [0.1, 0.15) is 33.4 Å². The Morgan fingerprint density at radius 1 is 1.40 bits per heavy atom. The molecule has 0 saturated heterocycles. The molecule has 0 aliphatic rings. The van der Waals surface area contributed by atoms with Gasteiger partial charge in [-0.15, -0.1) is 0 Å². The highest BCUT2D eigenvalue weighted by molar-refractivity contribution is 6.45. The Balaban J connectivity index is 2.57. The molecule has 83 valence electrons. The van der Waals surface area contributed by atoms with E-state index in [0.717, 1.165) is 5.69 Å². The molecule has 0 atom stereocenters. The van der Waals surface area contributed by atoms with E-state index in [0.29, 0.717) is 5.66 Å². The molecule has 0 bridgehead atoms. The maximum Gasteiger partial charge on any atom is 0.380 e. The lowest BCUT2D eigenvalue weighted by atomic mass is 9.85. The van der Waals surface area contributed by atoms with Gasteiger partial charge in [0.05, 0.1) is 16.9 Å². The number of nitrogens with zero attached hydrogens (tertiary/aromatic N) is 1. The van der Waals surface area contributed by atoms with E-state index < -0.39 is 11.2 Å². The summed E-state index contributed by atoms with van der Waals surface area (Å²) in [6, 6.07) is 1.76. The first-order valence-electron chi connectivity index (χ1n) is 4.89. The van der Waals surface area contributed by atoms with E-state index in [1.54, 1.807) is 19.9 Å². The maximum atomic E-state index is 9.84. The van der Waals surface area contributed by atoms with Crippen molar-refractivity contribution in [2.24, 2.45) is 0 Å². The average Bonchev–Trinajstić information content (AvgIpc) is 2.46. The van der Waals surface area contributed by atoms with Crippen LogP contribution < -0.4 is 5.66 Å². The SMILES string of the molecule is Cc1cc([B]OC(C)(C)C(C)(C)O)on1. The standard InChI is InChI=1S/C10H17BNO3/c1-7-6-8(14-12-7)11-15-10(4,5)9(2,3)13/h6,13H,1-5H3. The Bertz CT molecular complexity index is 328. The molecule has 1 aromatic rings. The van der Waals surface area contributed by atoms with Gasteiger partial charge in [-0.25, -0.2) is 0 Å². The fourth-order valence-corrected chi connectivity index (χ4v) is 0.788. The number of hydrogen-bond acceptors (Lipinski definition) is 4. The van der Waals surface area contributed by atoms with Crippen LogP contribution >= 0.6 is 0 Å². The third kappa shape index (κ3) is 3.07. The smallest absolute Gasteiger partial charge is 0.380 e. The van der Waals surface area contributed by atoms with Crippen LogP contribution in [0.5, 0.6) is 0 Å². The lowest BCUT2D eigenvalue weighted by Gasteiger charge is -2.37. The Hall–Kier alpha value is -0.805. The molecule has 15 heavy (non-hydrogen) atoms. The normalized spacial score (nSPS) is 12.9. The van der Waals surface area contributed by atoms with Crippen molar-refractivity contribution in [3.63, 3.8) is 0 Å². The summed E-state index contributed by atoms with van der Waals surface area (Å²) < 4.78 is 10.4. The van der Waals surface area contributed by atoms with E-state index in [1.807, 2.05) is 20.8 Å². The van der Waals surface area contributed by atoms with Crippen LogP contribution in [-0.2, 0) is 4.65 Å². The molecule has 0 aromatic carbocycles. The van der Waals surface area contributed by atoms with Crippen LogP contribution in [0.25, 0.3) is 0 Å². The van der Waals surface area contributed by atoms with Crippen LogP contribution in [0.3, 0.4) is 0 Å². The fourth-order valence-electron chi connectivity index (χ4n) is 0.788. The topological polar surface area (TPSA) is 55.5 Å². The van der Waals surface area contributed by atoms with Crippen LogP contribution in [-0.4, -0.2) is 28.9 Å². The van der Waals surface area contributed by atoms with Gasteiger partial charge in [-0.1, -0.05) is 5.16 Å². The third-order valence-corrected chi connectivity index (χ3v) is 2.59. The second-order valence-electron chi connectivity index (χ2n) is 4.68. The van der Waals surface area contributed by atoms with Crippen molar-refractivity contribution in [1.82, 2.24) is 5.16 Å². The van der Waals surface area contributed by atoms with E-state index in [2.05, 4.69) is 5.16 Å². The summed E-state index contributed by atoms with van der Waals surface area (Å²) in [6.07, 6.45) is 0. The zero-order chi connectivity index (χ0) is 11.7. The minimum Gasteiger partial charge on any atom is -0.423 e. The predicted molar refractivity (Wildman–Crippen MR) is 58.1 cm³/mol. The molecule has 0 unspecified atom stereocenters. The number of aromatic nitrogens is 1. The van der Waals surface area contributed by atoms with Gasteiger partial charge in [-0.05, 0) is 40.7 Å². The molecule has 1 radical (unpaired) electrons. The van der Waals surface area contributed by atoms with E-state index in [-0.39, 0.29) is 0 Å². The quantitative estimate of drug-likeness (QED) is 0.746. The lowest BCUT2D eigenvalue weighted by Crippen LogP contribution is -2.49. The average molecular weight is 210 g/mol. The van der Waals surface area contributed by atoms with Crippen molar-refractivity contribution >= 4 is 13.1 Å². The molecule has 0 saturated carbocycles. The van der Waals surface area contributed by atoms with Gasteiger partial charge in [0, 0.05) is 0 Å². The Labute approximate surface area is 90.9 Å². The second-order valence-corrected chi connectivity index (χ2v) is 4.68. The molecule has 0 spiro atoms. The maximum absolute atomic E-state index is 9.84. The van der Waals surface area contributed by atoms with Crippen LogP contribution in [0, 0.1) is 6.92 Å². The molecule has 1 aromatic heterocycles. The van der Waals surface area contributed by atoms with Gasteiger partial charge in [0.25, 0.3) is 0 Å². The summed E-state index contributed by atoms with van der Waals surface area (Å²) in [6.45, 7) is 8.86. The van der Waals surface area contributed by atoms with Gasteiger partial charge in [0.1, 0.15) is 5.66 Å². The molecule has 1 N–H and O–H groups in total. The van der Waals surface area contributed by atoms with E-state index in [9.17, 15) is 5.11 Å². The highest BCUT2D eigenvalue weighted by Crippen LogP contribution is 2.24. The number of rotatable bonds is 4. The minimum atomic E-state index is -0.932. The van der Waals surface area contributed by atoms with E-state index in [1.165, 1.54) is 7.48 Å². The summed E-state index contributed by atoms with van der Waals surface area (Å²) >= 11 is 0. The molecule has 0 fully saturated rings. The van der Waals surface area contributed by atoms with Crippen LogP contribution in [0.15, 0.2) is 10.6 Å². The Morgan fingerprint density at radius 3 is 2.40 bits per heavy atom. The first-order chi connectivity index (χ1) is 6.72. The molecule has 0 aliphatic heterocycles. The molecular weight excluding hydrogens is 193 g/mol. The Morgan fingerprint density at radius 2 is 2.00 bits per heavy atom. The monoisotopic (exact) mass is 210 g/mol. The van der Waals surface area contributed by atoms with Crippen molar-refractivity contribution in [3.8, 4) is 0 Å². The van der Waals surface area contributed by atoms with Crippen LogP contribution in [0.2, 0.25) is 0 Å². The number of hydrogen-bond donors (Lipinski definition) is 1. The summed E-state index contributed by atoms with van der Waals surface area (Å²) in [7, 11) is 1.47. The Kier molecular flexibility index (Phi) is 3.26. The molecule has 1 heterocycles. The first kappa shape index (κ1) is 12.3. The summed E-state index contributed by atoms with van der Waals surface area (Å²) in [4.78, 5) is 0. The zero-order valence-electron chi connectivity index (χ0n) is 9.87. The van der Waals surface area contributed by atoms with Gasteiger partial charge >= 0.3 is 7.48 Å². The number of aryl methyl sites for hydroxylation is 1. The second kappa shape index (κ2) is 3.98. The number of aliphatic hydroxyl groups is 1. The first-order valence-corrected chi connectivity index (χ1v) is 4.89. The summed E-state index contributed by atoms with van der Waals surface area (Å²) in [5.41, 5.74) is -0.276. The molecule has 4 nitrogen and oxygen atoms in total. The van der Waals surface area contributed by atoms with Gasteiger partial charge in [0.15, 0.2) is 0 Å². The van der Waals surface area contributed by atoms with Gasteiger partial charge in [-0.2, -0.15) is 0 Å². The molecule has 1 rings (SSSR count). The van der Waals surface area contributed by atoms with Crippen molar-refractivity contribution in [2.45, 2.75) is 45.8 Å². The molecular formula is C10H17BNO3. The van der Waals surface area contributed by atoms with E-state index in [4.69, 9.17) is 9.18 Å². The van der Waals surface area contributed by atoms with Crippen molar-refractivity contribution < 1.29 is 14.3 Å². The highest BCUT2D eigenvalue weighted by Gasteiger charge is 2.36. The molecule has 0 amide bonds. The molecule has 0 aliphatic carbocycles. The van der Waals surface area contributed by atoms with Gasteiger partial charge in [0.2, 0.25) is 0 Å². The fraction of sp³-hybridized carbons (Fsp3) is 0.700. The van der Waals surface area contributed by atoms with Gasteiger partial charge < -0.3 is 14.3 Å². The largest absolute Gasteiger partial charge is 0.423 e. The third-order valence-electron chi connectivity index (χ3n) is 2.59. The molecule has 5 heteroatoms. The van der Waals surface area contributed by atoms with E-state index >= 15 is 0 Å². The van der Waals surface area contributed by atoms with Crippen LogP contribution in [0.4, 0.5) is 0 Å². The summed E-state index contributed by atoms with van der Waals surface area (Å²) in [5.74, 6) is 0. The van der Waals surface area contributed by atoms with Crippen molar-refractivity contribution in [2.75, 3.05) is 0 Å². The van der Waals surface area contributed by atoms with Crippen molar-refractivity contribution in [1.29, 1.82) is 0 Å². The predicted octanol–water partition coefficient (Wildman–Crippen LogP) is 0.794. The summed E-state index contributed by atoms with van der Waals surface area (Å²) in [5, 5.41) is 13.6. The minimum absolute atomic E-state index is 0.546.